The number of hydrogen-bond donors (Lipinski definition) is 2. The van der Waals surface area contributed by atoms with Crippen LogP contribution in [0.15, 0.2) is 28.4 Å². The predicted molar refractivity (Wildman–Crippen MR) is 118 cm³/mol. The first-order valence-electron chi connectivity index (χ1n) is 10.6. The van der Waals surface area contributed by atoms with Gasteiger partial charge in [0.05, 0.1) is 37.1 Å². The van der Waals surface area contributed by atoms with E-state index in [1.54, 1.807) is 16.7 Å². The van der Waals surface area contributed by atoms with Crippen LogP contribution in [0.1, 0.15) is 18.9 Å². The predicted octanol–water partition coefficient (Wildman–Crippen LogP) is 1.47. The molecule has 1 saturated heterocycles. The zero-order valence-electron chi connectivity index (χ0n) is 18.5. The van der Waals surface area contributed by atoms with Crippen LogP contribution in [0.4, 0.5) is 30.5 Å². The summed E-state index contributed by atoms with van der Waals surface area (Å²) in [5.74, 6) is 0.138. The molecule has 184 valence electrons. The molecule has 1 aliphatic heterocycles. The van der Waals surface area contributed by atoms with E-state index in [0.29, 0.717) is 45.0 Å². The fourth-order valence-corrected chi connectivity index (χ4v) is 3.24. The van der Waals surface area contributed by atoms with E-state index in [2.05, 4.69) is 30.5 Å². The summed E-state index contributed by atoms with van der Waals surface area (Å²) in [7, 11) is 0. The first-order chi connectivity index (χ1) is 16.3. The van der Waals surface area contributed by atoms with Gasteiger partial charge >= 0.3 is 6.18 Å². The molecule has 0 atom stereocenters. The zero-order valence-corrected chi connectivity index (χ0v) is 18.5. The number of halogens is 3. The molecule has 0 saturated carbocycles. The Balaban J connectivity index is 1.34. The molecule has 14 heteroatoms. The minimum atomic E-state index is -4.48. The van der Waals surface area contributed by atoms with Crippen LogP contribution in [-0.4, -0.2) is 83.1 Å². The highest BCUT2D eigenvalue weighted by atomic mass is 19.4. The molecule has 3 rings (SSSR count). The number of anilines is 2. The molecule has 0 spiro atoms. The van der Waals surface area contributed by atoms with Gasteiger partial charge in [-0.2, -0.15) is 18.3 Å². The Morgan fingerprint density at radius 1 is 1.21 bits per heavy atom. The number of nitrogens with one attached hydrogen (secondary N) is 2. The number of aromatic nitrogens is 4. The summed E-state index contributed by atoms with van der Waals surface area (Å²) in [4.78, 5) is 39.2. The first kappa shape index (κ1) is 25.1. The molecular weight excluding hydrogens is 457 g/mol. The first-order valence-corrected chi connectivity index (χ1v) is 10.6. The Kier molecular flexibility index (Phi) is 8.51. The van der Waals surface area contributed by atoms with Gasteiger partial charge in [-0.25, -0.2) is 15.1 Å². The van der Waals surface area contributed by atoms with Crippen molar-refractivity contribution >= 4 is 29.4 Å². The molecule has 0 unspecified atom stereocenters. The Morgan fingerprint density at radius 2 is 1.91 bits per heavy atom. The van der Waals surface area contributed by atoms with Crippen molar-refractivity contribution in [2.45, 2.75) is 19.5 Å². The van der Waals surface area contributed by atoms with Gasteiger partial charge in [-0.05, 0) is 6.92 Å². The molecule has 0 aromatic carbocycles. The van der Waals surface area contributed by atoms with E-state index in [9.17, 15) is 22.8 Å². The van der Waals surface area contributed by atoms with Crippen LogP contribution in [0.5, 0.6) is 0 Å². The van der Waals surface area contributed by atoms with Gasteiger partial charge in [0.2, 0.25) is 11.9 Å². The number of piperazine rings is 1. The van der Waals surface area contributed by atoms with Crippen molar-refractivity contribution in [3.8, 4) is 0 Å². The van der Waals surface area contributed by atoms with Crippen LogP contribution in [0.3, 0.4) is 0 Å². The van der Waals surface area contributed by atoms with Gasteiger partial charge in [-0.15, -0.1) is 0 Å². The van der Waals surface area contributed by atoms with Crippen molar-refractivity contribution in [3.05, 3.63) is 34.5 Å². The Labute approximate surface area is 193 Å². The van der Waals surface area contributed by atoms with E-state index in [-0.39, 0.29) is 30.6 Å². The molecular formula is C20H25F3N8O3. The minimum Gasteiger partial charge on any atom is -0.380 e. The quantitative estimate of drug-likeness (QED) is 0.406. The molecule has 0 radical (unpaired) electrons. The molecule has 0 bridgehead atoms. The molecule has 3 heterocycles. The Bertz CT molecular complexity index is 1030. The maximum absolute atomic E-state index is 12.6. The van der Waals surface area contributed by atoms with Crippen LogP contribution in [0, 0.1) is 0 Å². The number of aromatic amines is 1. The lowest BCUT2D eigenvalue weighted by Crippen LogP contribution is -2.49. The van der Waals surface area contributed by atoms with Crippen LogP contribution in [-0.2, 0) is 15.7 Å². The largest absolute Gasteiger partial charge is 0.419 e. The SMILES string of the molecule is CC=Nc1c(NCCOCCC(=O)N2CCN(c3ncc(C(F)(F)F)cn3)CC2)cn[nH]c1=O. The molecule has 34 heavy (non-hydrogen) atoms. The fourth-order valence-electron chi connectivity index (χ4n) is 3.24. The van der Waals surface area contributed by atoms with E-state index >= 15 is 0 Å². The summed E-state index contributed by atoms with van der Waals surface area (Å²) >= 11 is 0. The molecule has 2 N–H and O–H groups in total. The maximum atomic E-state index is 12.6. The zero-order chi connectivity index (χ0) is 24.6. The highest BCUT2D eigenvalue weighted by Crippen LogP contribution is 2.28. The number of carbonyl (C=O) groups is 1. The molecule has 2 aromatic rings. The summed E-state index contributed by atoms with van der Waals surface area (Å²) in [6.45, 7) is 4.33. The summed E-state index contributed by atoms with van der Waals surface area (Å²) < 4.78 is 43.4. The van der Waals surface area contributed by atoms with Gasteiger partial charge in [0.25, 0.3) is 5.56 Å². The smallest absolute Gasteiger partial charge is 0.380 e. The van der Waals surface area contributed by atoms with Gasteiger partial charge in [0.15, 0.2) is 5.69 Å². The summed E-state index contributed by atoms with van der Waals surface area (Å²) in [5, 5.41) is 9.08. The van der Waals surface area contributed by atoms with Gasteiger partial charge in [-0.1, -0.05) is 0 Å². The van der Waals surface area contributed by atoms with E-state index in [4.69, 9.17) is 4.74 Å². The average Bonchev–Trinajstić information content (AvgIpc) is 2.83. The molecule has 2 aromatic heterocycles. The van der Waals surface area contributed by atoms with Gasteiger partial charge < -0.3 is 19.9 Å². The monoisotopic (exact) mass is 482 g/mol. The summed E-state index contributed by atoms with van der Waals surface area (Å²) in [6, 6.07) is 0. The van der Waals surface area contributed by atoms with Crippen LogP contribution in [0.2, 0.25) is 0 Å². The van der Waals surface area contributed by atoms with E-state index < -0.39 is 17.3 Å². The number of ether oxygens (including phenoxy) is 1. The molecule has 0 aliphatic carbocycles. The minimum absolute atomic E-state index is 0.0701. The van der Waals surface area contributed by atoms with Crippen LogP contribution in [0.25, 0.3) is 0 Å². The average molecular weight is 482 g/mol. The number of alkyl halides is 3. The number of rotatable bonds is 9. The lowest BCUT2D eigenvalue weighted by molar-refractivity contribution is -0.138. The summed E-state index contributed by atoms with van der Waals surface area (Å²) in [5.41, 5.74) is -0.589. The van der Waals surface area contributed by atoms with E-state index in [1.807, 2.05) is 0 Å². The molecule has 1 fully saturated rings. The number of carbonyl (C=O) groups excluding carboxylic acids is 1. The topological polar surface area (TPSA) is 129 Å². The maximum Gasteiger partial charge on any atom is 0.419 e. The van der Waals surface area contributed by atoms with E-state index in [0.717, 1.165) is 12.4 Å². The molecule has 1 amide bonds. The van der Waals surface area contributed by atoms with Crippen molar-refractivity contribution < 1.29 is 22.7 Å². The lowest BCUT2D eigenvalue weighted by Gasteiger charge is -2.34. The molecule has 11 nitrogen and oxygen atoms in total. The van der Waals surface area contributed by atoms with Gasteiger partial charge in [0.1, 0.15) is 0 Å². The number of nitrogens with zero attached hydrogens (tertiary/aromatic N) is 6. The highest BCUT2D eigenvalue weighted by molar-refractivity contribution is 5.76. The Hall–Kier alpha value is -3.55. The number of hydrogen-bond acceptors (Lipinski definition) is 9. The van der Waals surface area contributed by atoms with Crippen molar-refractivity contribution in [2.24, 2.45) is 4.99 Å². The second kappa shape index (κ2) is 11.5. The van der Waals surface area contributed by atoms with Crippen molar-refractivity contribution in [2.75, 3.05) is 56.2 Å². The highest BCUT2D eigenvalue weighted by Gasteiger charge is 2.32. The van der Waals surface area contributed by atoms with Crippen molar-refractivity contribution in [1.29, 1.82) is 0 Å². The number of H-pyrrole nitrogens is 1. The number of amides is 1. The van der Waals surface area contributed by atoms with Gasteiger partial charge in [-0.3, -0.25) is 14.6 Å². The van der Waals surface area contributed by atoms with Gasteiger partial charge in [0, 0.05) is 51.3 Å². The lowest BCUT2D eigenvalue weighted by atomic mass is 10.3. The van der Waals surface area contributed by atoms with Crippen molar-refractivity contribution in [1.82, 2.24) is 25.1 Å². The third-order valence-electron chi connectivity index (χ3n) is 4.99. The third-order valence-corrected chi connectivity index (χ3v) is 4.99. The number of aliphatic imine (C=N–C) groups is 1. The Morgan fingerprint density at radius 3 is 2.56 bits per heavy atom. The standard InChI is InChI=1S/C20H25F3N8O3/c1-2-24-17-15(13-28-29-18(17)33)25-4-10-34-9-3-16(32)30-5-7-31(8-6-30)19-26-11-14(12-27-19)20(21,22)23/h2,11-13H,3-10H2,1H3,(H2,25,29,33). The van der Waals surface area contributed by atoms with E-state index in [1.165, 1.54) is 12.4 Å². The molecule has 1 aliphatic rings. The fraction of sp³-hybridized carbons (Fsp3) is 0.500. The third kappa shape index (κ3) is 6.73. The normalized spacial score (nSPS) is 14.6. The summed E-state index contributed by atoms with van der Waals surface area (Å²) in [6.07, 6.45) is 0.213. The van der Waals surface area contributed by atoms with Crippen molar-refractivity contribution in [3.63, 3.8) is 0 Å². The second-order valence-corrected chi connectivity index (χ2v) is 7.28. The second-order valence-electron chi connectivity index (χ2n) is 7.28. The van der Waals surface area contributed by atoms with Crippen LogP contribution < -0.4 is 15.8 Å². The van der Waals surface area contributed by atoms with Crippen LogP contribution >= 0.6 is 0 Å².